The highest BCUT2D eigenvalue weighted by molar-refractivity contribution is 7.09. The summed E-state index contributed by atoms with van der Waals surface area (Å²) in [6, 6.07) is 9.67. The Kier molecular flexibility index (Phi) is 5.19. The van der Waals surface area contributed by atoms with Gasteiger partial charge in [0.25, 0.3) is 5.91 Å². The molecular weight excluding hydrogens is 338 g/mol. The number of hydrogen-bond donors (Lipinski definition) is 1. The van der Waals surface area contributed by atoms with E-state index in [1.165, 1.54) is 0 Å². The van der Waals surface area contributed by atoms with Crippen molar-refractivity contribution in [3.05, 3.63) is 58.0 Å². The molecule has 0 fully saturated rings. The fourth-order valence-electron chi connectivity index (χ4n) is 2.51. The molecule has 25 heavy (non-hydrogen) atoms. The maximum absolute atomic E-state index is 12.1. The molecule has 0 unspecified atom stereocenters. The Bertz CT molecular complexity index is 882. The number of hydrogen-bond acceptors (Lipinski definition) is 5. The zero-order chi connectivity index (χ0) is 17.8. The predicted molar refractivity (Wildman–Crippen MR) is 96.4 cm³/mol. The molecule has 2 heterocycles. The number of carbonyl (C=O) groups excluding carboxylic acids is 2. The first-order valence-corrected chi connectivity index (χ1v) is 8.87. The minimum atomic E-state index is -0.840. The van der Waals surface area contributed by atoms with Gasteiger partial charge in [0.05, 0.1) is 19.2 Å². The van der Waals surface area contributed by atoms with Crippen molar-refractivity contribution < 1.29 is 18.7 Å². The molecule has 1 amide bonds. The van der Waals surface area contributed by atoms with Crippen molar-refractivity contribution >= 4 is 34.2 Å². The lowest BCUT2D eigenvalue weighted by molar-refractivity contribution is -0.154. The van der Waals surface area contributed by atoms with E-state index in [0.29, 0.717) is 6.54 Å². The van der Waals surface area contributed by atoms with Gasteiger partial charge in [-0.3, -0.25) is 9.59 Å². The SMILES string of the molecule is Cc1ccc2c(CC(=O)O[C@@H](C)C(=O)NCc3cccs3)coc2c1. The van der Waals surface area contributed by atoms with E-state index in [2.05, 4.69) is 5.32 Å². The summed E-state index contributed by atoms with van der Waals surface area (Å²) < 4.78 is 10.7. The van der Waals surface area contributed by atoms with Crippen molar-refractivity contribution in [1.82, 2.24) is 5.32 Å². The molecule has 3 rings (SSSR count). The van der Waals surface area contributed by atoms with Crippen LogP contribution >= 0.6 is 11.3 Å². The molecule has 0 bridgehead atoms. The monoisotopic (exact) mass is 357 g/mol. The van der Waals surface area contributed by atoms with Crippen LogP contribution in [0.15, 0.2) is 46.4 Å². The highest BCUT2D eigenvalue weighted by atomic mass is 32.1. The van der Waals surface area contributed by atoms with Crippen LogP contribution in [0, 0.1) is 6.92 Å². The van der Waals surface area contributed by atoms with Crippen molar-refractivity contribution in [3.8, 4) is 0 Å². The van der Waals surface area contributed by atoms with Gasteiger partial charge in [0, 0.05) is 15.8 Å². The first kappa shape index (κ1) is 17.2. The number of thiophene rings is 1. The average Bonchev–Trinajstić information content (AvgIpc) is 3.22. The summed E-state index contributed by atoms with van der Waals surface area (Å²) >= 11 is 1.56. The number of aryl methyl sites for hydroxylation is 1. The third-order valence-electron chi connectivity index (χ3n) is 3.84. The summed E-state index contributed by atoms with van der Waals surface area (Å²) in [5.74, 6) is -0.767. The molecule has 1 atom stereocenters. The molecule has 0 aliphatic rings. The number of amides is 1. The molecule has 5 nitrogen and oxygen atoms in total. The maximum Gasteiger partial charge on any atom is 0.311 e. The van der Waals surface area contributed by atoms with E-state index in [-0.39, 0.29) is 12.3 Å². The van der Waals surface area contributed by atoms with Gasteiger partial charge in [0.15, 0.2) is 6.10 Å². The number of rotatable bonds is 6. The maximum atomic E-state index is 12.1. The summed E-state index contributed by atoms with van der Waals surface area (Å²) in [5, 5.41) is 5.59. The highest BCUT2D eigenvalue weighted by Crippen LogP contribution is 2.23. The van der Waals surface area contributed by atoms with Crippen LogP contribution in [0.4, 0.5) is 0 Å². The van der Waals surface area contributed by atoms with Crippen LogP contribution in [-0.2, 0) is 27.3 Å². The number of esters is 1. The molecule has 1 aromatic carbocycles. The lowest BCUT2D eigenvalue weighted by Crippen LogP contribution is -2.35. The van der Waals surface area contributed by atoms with Crippen LogP contribution in [0.3, 0.4) is 0 Å². The zero-order valence-corrected chi connectivity index (χ0v) is 14.9. The van der Waals surface area contributed by atoms with Gasteiger partial charge in [-0.2, -0.15) is 0 Å². The minimum Gasteiger partial charge on any atom is -0.464 e. The molecule has 130 valence electrons. The van der Waals surface area contributed by atoms with Gasteiger partial charge in [0.2, 0.25) is 0 Å². The van der Waals surface area contributed by atoms with Crippen molar-refractivity contribution in [2.45, 2.75) is 32.9 Å². The van der Waals surface area contributed by atoms with Crippen LogP contribution in [-0.4, -0.2) is 18.0 Å². The van der Waals surface area contributed by atoms with Crippen molar-refractivity contribution in [1.29, 1.82) is 0 Å². The zero-order valence-electron chi connectivity index (χ0n) is 14.1. The summed E-state index contributed by atoms with van der Waals surface area (Å²) in [6.45, 7) is 3.98. The van der Waals surface area contributed by atoms with Crippen molar-refractivity contribution in [3.63, 3.8) is 0 Å². The van der Waals surface area contributed by atoms with Gasteiger partial charge in [-0.05, 0) is 36.9 Å². The number of ether oxygens (including phenoxy) is 1. The van der Waals surface area contributed by atoms with Crippen LogP contribution in [0.25, 0.3) is 11.0 Å². The normalized spacial score (nSPS) is 12.1. The molecule has 0 aliphatic carbocycles. The largest absolute Gasteiger partial charge is 0.464 e. The van der Waals surface area contributed by atoms with E-state index in [0.717, 1.165) is 27.0 Å². The van der Waals surface area contributed by atoms with Crippen LogP contribution in [0.1, 0.15) is 22.9 Å². The lowest BCUT2D eigenvalue weighted by Gasteiger charge is -2.13. The second-order valence-electron chi connectivity index (χ2n) is 5.87. The second-order valence-corrected chi connectivity index (χ2v) is 6.90. The van der Waals surface area contributed by atoms with E-state index in [1.54, 1.807) is 24.5 Å². The summed E-state index contributed by atoms with van der Waals surface area (Å²) in [5.41, 5.74) is 2.59. The number of nitrogens with one attached hydrogen (secondary N) is 1. The van der Waals surface area contributed by atoms with Crippen LogP contribution in [0.2, 0.25) is 0 Å². The topological polar surface area (TPSA) is 68.5 Å². The number of furan rings is 1. The van der Waals surface area contributed by atoms with Gasteiger partial charge < -0.3 is 14.5 Å². The molecule has 0 spiro atoms. The Hall–Kier alpha value is -2.60. The van der Waals surface area contributed by atoms with Gasteiger partial charge in [-0.1, -0.05) is 18.2 Å². The molecule has 0 radical (unpaired) electrons. The smallest absolute Gasteiger partial charge is 0.311 e. The van der Waals surface area contributed by atoms with E-state index < -0.39 is 12.1 Å². The number of carbonyl (C=O) groups is 2. The Morgan fingerprint density at radius 1 is 1.32 bits per heavy atom. The Balaban J connectivity index is 1.54. The average molecular weight is 357 g/mol. The molecule has 1 N–H and O–H groups in total. The van der Waals surface area contributed by atoms with Gasteiger partial charge >= 0.3 is 5.97 Å². The van der Waals surface area contributed by atoms with Gasteiger partial charge in [0.1, 0.15) is 5.58 Å². The van der Waals surface area contributed by atoms with E-state index >= 15 is 0 Å². The molecule has 6 heteroatoms. The Morgan fingerprint density at radius 2 is 2.16 bits per heavy atom. The van der Waals surface area contributed by atoms with E-state index in [9.17, 15) is 9.59 Å². The first-order valence-electron chi connectivity index (χ1n) is 7.99. The molecule has 2 aromatic heterocycles. The molecule has 3 aromatic rings. The quantitative estimate of drug-likeness (QED) is 0.685. The predicted octanol–water partition coefficient (Wildman–Crippen LogP) is 3.59. The van der Waals surface area contributed by atoms with Crippen molar-refractivity contribution in [2.24, 2.45) is 0 Å². The molecule has 0 saturated carbocycles. The van der Waals surface area contributed by atoms with Crippen LogP contribution < -0.4 is 5.32 Å². The lowest BCUT2D eigenvalue weighted by atomic mass is 10.1. The second kappa shape index (κ2) is 7.53. The van der Waals surface area contributed by atoms with Gasteiger partial charge in [-0.25, -0.2) is 0 Å². The summed E-state index contributed by atoms with van der Waals surface area (Å²) in [6.07, 6.45) is 0.791. The third kappa shape index (κ3) is 4.28. The molecule has 0 saturated heterocycles. The highest BCUT2D eigenvalue weighted by Gasteiger charge is 2.19. The van der Waals surface area contributed by atoms with Crippen molar-refractivity contribution in [2.75, 3.05) is 0 Å². The molecule has 0 aliphatic heterocycles. The third-order valence-corrected chi connectivity index (χ3v) is 4.72. The number of fused-ring (bicyclic) bond motifs is 1. The Labute approximate surface area is 149 Å². The van der Waals surface area contributed by atoms with Gasteiger partial charge in [-0.15, -0.1) is 11.3 Å². The van der Waals surface area contributed by atoms with E-state index in [1.807, 2.05) is 42.6 Å². The fourth-order valence-corrected chi connectivity index (χ4v) is 3.15. The van der Waals surface area contributed by atoms with Crippen LogP contribution in [0.5, 0.6) is 0 Å². The standard InChI is InChI=1S/C19H19NO4S/c1-12-5-6-16-14(11-23-17(16)8-12)9-18(21)24-13(2)19(22)20-10-15-4-3-7-25-15/h3-8,11,13H,9-10H2,1-2H3,(H,20,22)/t13-/m0/s1. The summed E-state index contributed by atoms with van der Waals surface area (Å²) in [7, 11) is 0. The summed E-state index contributed by atoms with van der Waals surface area (Å²) in [4.78, 5) is 25.2. The minimum absolute atomic E-state index is 0.0681. The number of benzene rings is 1. The Morgan fingerprint density at radius 3 is 2.92 bits per heavy atom. The first-order chi connectivity index (χ1) is 12.0. The fraction of sp³-hybridized carbons (Fsp3) is 0.263. The van der Waals surface area contributed by atoms with E-state index in [4.69, 9.17) is 9.15 Å². The molecular formula is C19H19NO4S.